The first-order valence-corrected chi connectivity index (χ1v) is 8.93. The van der Waals surface area contributed by atoms with Crippen molar-refractivity contribution < 1.29 is 13.6 Å². The van der Waals surface area contributed by atoms with Crippen molar-refractivity contribution in [3.8, 4) is 0 Å². The van der Waals surface area contributed by atoms with Gasteiger partial charge in [0, 0.05) is 17.4 Å². The Hall–Kier alpha value is -2.52. The number of aromatic nitrogens is 2. The summed E-state index contributed by atoms with van der Waals surface area (Å²) in [6.07, 6.45) is 0. The standard InChI is InChI=1S/C16H12F2N4OS2/c17-10-6-11(18)8-13(7-10)19-14(23)9-24-16-22-21-15(25-16)20-12-4-2-1-3-5-12/h1-8H,9H2,(H,19,23)(H,20,21). The molecule has 0 bridgehead atoms. The lowest BCUT2D eigenvalue weighted by Gasteiger charge is -2.04. The average molecular weight is 378 g/mol. The number of anilines is 3. The van der Waals surface area contributed by atoms with Crippen molar-refractivity contribution in [2.45, 2.75) is 4.34 Å². The minimum absolute atomic E-state index is 0.0537. The molecule has 0 unspecified atom stereocenters. The molecule has 0 radical (unpaired) electrons. The van der Waals surface area contributed by atoms with Crippen LogP contribution in [0.1, 0.15) is 0 Å². The summed E-state index contributed by atoms with van der Waals surface area (Å²) in [6, 6.07) is 12.4. The number of nitrogens with zero attached hydrogens (tertiary/aromatic N) is 2. The van der Waals surface area contributed by atoms with Gasteiger partial charge in [-0.25, -0.2) is 8.78 Å². The molecule has 1 amide bonds. The Morgan fingerprint density at radius 2 is 1.76 bits per heavy atom. The fourth-order valence-electron chi connectivity index (χ4n) is 1.91. The van der Waals surface area contributed by atoms with E-state index in [1.165, 1.54) is 23.1 Å². The highest BCUT2D eigenvalue weighted by Crippen LogP contribution is 2.27. The van der Waals surface area contributed by atoms with Crippen LogP contribution in [0.5, 0.6) is 0 Å². The highest BCUT2D eigenvalue weighted by Gasteiger charge is 2.10. The molecular formula is C16H12F2N4OS2. The highest BCUT2D eigenvalue weighted by molar-refractivity contribution is 8.01. The van der Waals surface area contributed by atoms with Crippen LogP contribution in [0.15, 0.2) is 52.9 Å². The van der Waals surface area contributed by atoms with Gasteiger partial charge >= 0.3 is 0 Å². The Morgan fingerprint density at radius 3 is 2.48 bits per heavy atom. The van der Waals surface area contributed by atoms with Crippen molar-refractivity contribution in [2.24, 2.45) is 0 Å². The van der Waals surface area contributed by atoms with Crippen molar-refractivity contribution in [1.82, 2.24) is 10.2 Å². The minimum Gasteiger partial charge on any atom is -0.330 e. The number of benzene rings is 2. The molecule has 0 aliphatic carbocycles. The first kappa shape index (κ1) is 17.3. The van der Waals surface area contributed by atoms with Crippen molar-refractivity contribution in [1.29, 1.82) is 0 Å². The lowest BCUT2D eigenvalue weighted by Crippen LogP contribution is -2.14. The van der Waals surface area contributed by atoms with Gasteiger partial charge in [0.25, 0.3) is 0 Å². The fraction of sp³-hybridized carbons (Fsp3) is 0.0625. The molecule has 0 fully saturated rings. The van der Waals surface area contributed by atoms with Crippen LogP contribution in [0, 0.1) is 11.6 Å². The normalized spacial score (nSPS) is 10.5. The van der Waals surface area contributed by atoms with Crippen molar-refractivity contribution in [3.63, 3.8) is 0 Å². The van der Waals surface area contributed by atoms with Gasteiger partial charge in [-0.1, -0.05) is 41.3 Å². The van der Waals surface area contributed by atoms with Gasteiger partial charge in [0.2, 0.25) is 11.0 Å². The van der Waals surface area contributed by atoms with Gasteiger partial charge in [-0.15, -0.1) is 10.2 Å². The number of para-hydroxylation sites is 1. The lowest BCUT2D eigenvalue weighted by atomic mass is 10.3. The molecular weight excluding hydrogens is 366 g/mol. The Balaban J connectivity index is 1.52. The van der Waals surface area contributed by atoms with E-state index in [4.69, 9.17) is 0 Å². The van der Waals surface area contributed by atoms with Crippen LogP contribution in [0.3, 0.4) is 0 Å². The van der Waals surface area contributed by atoms with Gasteiger partial charge in [0.1, 0.15) is 11.6 Å². The van der Waals surface area contributed by atoms with E-state index in [0.29, 0.717) is 9.47 Å². The first-order chi connectivity index (χ1) is 12.1. The quantitative estimate of drug-likeness (QED) is 0.627. The number of rotatable bonds is 6. The van der Waals surface area contributed by atoms with Gasteiger partial charge in [-0.2, -0.15) is 0 Å². The van der Waals surface area contributed by atoms with Gasteiger partial charge in [0.05, 0.1) is 5.75 Å². The molecule has 25 heavy (non-hydrogen) atoms. The molecule has 2 N–H and O–H groups in total. The molecule has 3 aromatic rings. The van der Waals surface area contributed by atoms with E-state index in [9.17, 15) is 13.6 Å². The van der Waals surface area contributed by atoms with E-state index in [1.54, 1.807) is 0 Å². The van der Waals surface area contributed by atoms with Crippen LogP contribution in [0.25, 0.3) is 0 Å². The Bertz CT molecular complexity index is 853. The summed E-state index contributed by atoms with van der Waals surface area (Å²) in [6.45, 7) is 0. The maximum atomic E-state index is 13.1. The Labute approximate surface area is 150 Å². The summed E-state index contributed by atoms with van der Waals surface area (Å²) in [5.41, 5.74) is 0.966. The van der Waals surface area contributed by atoms with Crippen LogP contribution in [0.4, 0.5) is 25.3 Å². The second-order valence-corrected chi connectivity index (χ2v) is 7.06. The summed E-state index contributed by atoms with van der Waals surface area (Å²) in [7, 11) is 0. The molecule has 2 aromatic carbocycles. The number of thioether (sulfide) groups is 1. The van der Waals surface area contributed by atoms with E-state index in [2.05, 4.69) is 20.8 Å². The molecule has 0 aliphatic heterocycles. The van der Waals surface area contributed by atoms with Crippen LogP contribution in [-0.2, 0) is 4.79 Å². The topological polar surface area (TPSA) is 66.9 Å². The summed E-state index contributed by atoms with van der Waals surface area (Å²) >= 11 is 2.50. The molecule has 0 saturated heterocycles. The third-order valence-electron chi connectivity index (χ3n) is 2.90. The number of nitrogens with one attached hydrogen (secondary N) is 2. The summed E-state index contributed by atoms with van der Waals surface area (Å²) in [4.78, 5) is 11.9. The summed E-state index contributed by atoms with van der Waals surface area (Å²) in [5, 5.41) is 14.2. The molecule has 0 spiro atoms. The zero-order valence-corrected chi connectivity index (χ0v) is 14.3. The molecule has 9 heteroatoms. The number of hydrogen-bond donors (Lipinski definition) is 2. The maximum Gasteiger partial charge on any atom is 0.234 e. The van der Waals surface area contributed by atoms with Gasteiger partial charge in [-0.3, -0.25) is 4.79 Å². The molecule has 0 aliphatic rings. The van der Waals surface area contributed by atoms with E-state index >= 15 is 0 Å². The van der Waals surface area contributed by atoms with E-state index < -0.39 is 11.6 Å². The van der Waals surface area contributed by atoms with Crippen LogP contribution >= 0.6 is 23.1 Å². The zero-order valence-electron chi connectivity index (χ0n) is 12.7. The van der Waals surface area contributed by atoms with E-state index in [1.807, 2.05) is 30.3 Å². The number of amides is 1. The smallest absolute Gasteiger partial charge is 0.234 e. The number of carbonyl (C=O) groups is 1. The SMILES string of the molecule is O=C(CSc1nnc(Nc2ccccc2)s1)Nc1cc(F)cc(F)c1. The summed E-state index contributed by atoms with van der Waals surface area (Å²) < 4.78 is 26.8. The Morgan fingerprint density at radius 1 is 1.04 bits per heavy atom. The Kier molecular flexibility index (Phi) is 5.56. The number of halogens is 2. The van der Waals surface area contributed by atoms with Gasteiger partial charge in [-0.05, 0) is 24.3 Å². The number of carbonyl (C=O) groups excluding carboxylic acids is 1. The minimum atomic E-state index is -0.747. The largest absolute Gasteiger partial charge is 0.330 e. The number of hydrogen-bond acceptors (Lipinski definition) is 6. The van der Waals surface area contributed by atoms with Crippen LogP contribution < -0.4 is 10.6 Å². The van der Waals surface area contributed by atoms with Crippen molar-refractivity contribution in [3.05, 3.63) is 60.2 Å². The summed E-state index contributed by atoms with van der Waals surface area (Å²) in [5.74, 6) is -1.83. The van der Waals surface area contributed by atoms with E-state index in [-0.39, 0.29) is 17.3 Å². The van der Waals surface area contributed by atoms with Gasteiger partial charge in [0.15, 0.2) is 4.34 Å². The molecule has 3 rings (SSSR count). The predicted molar refractivity (Wildman–Crippen MR) is 95.3 cm³/mol. The molecule has 1 aromatic heterocycles. The molecule has 128 valence electrons. The zero-order chi connectivity index (χ0) is 17.6. The second-order valence-electron chi connectivity index (χ2n) is 4.86. The molecule has 1 heterocycles. The maximum absolute atomic E-state index is 13.1. The average Bonchev–Trinajstić information content (AvgIpc) is 3.00. The van der Waals surface area contributed by atoms with E-state index in [0.717, 1.165) is 23.9 Å². The van der Waals surface area contributed by atoms with Crippen LogP contribution in [0.2, 0.25) is 0 Å². The molecule has 5 nitrogen and oxygen atoms in total. The van der Waals surface area contributed by atoms with Crippen molar-refractivity contribution >= 4 is 45.5 Å². The fourth-order valence-corrected chi connectivity index (χ4v) is 3.49. The first-order valence-electron chi connectivity index (χ1n) is 7.13. The lowest BCUT2D eigenvalue weighted by molar-refractivity contribution is -0.113. The molecule has 0 atom stereocenters. The highest BCUT2D eigenvalue weighted by atomic mass is 32.2. The third kappa shape index (κ3) is 5.23. The third-order valence-corrected chi connectivity index (χ3v) is 4.88. The molecule has 0 saturated carbocycles. The monoisotopic (exact) mass is 378 g/mol. The van der Waals surface area contributed by atoms with Crippen molar-refractivity contribution in [2.75, 3.05) is 16.4 Å². The van der Waals surface area contributed by atoms with Gasteiger partial charge < -0.3 is 10.6 Å². The predicted octanol–water partition coefficient (Wildman–Crippen LogP) is 4.29. The second kappa shape index (κ2) is 8.04. The van der Waals surface area contributed by atoms with Crippen LogP contribution in [-0.4, -0.2) is 21.9 Å².